The van der Waals surface area contributed by atoms with Crippen LogP contribution in [0.2, 0.25) is 0 Å². The second kappa shape index (κ2) is 6.91. The summed E-state index contributed by atoms with van der Waals surface area (Å²) in [7, 11) is 0. The van der Waals surface area contributed by atoms with Crippen LogP contribution in [0.4, 0.5) is 4.39 Å². The number of carbonyl (C=O) groups excluding carboxylic acids is 1. The maximum Gasteiger partial charge on any atom is 0.233 e. The first-order valence-corrected chi connectivity index (χ1v) is 7.34. The van der Waals surface area contributed by atoms with Gasteiger partial charge in [-0.2, -0.15) is 0 Å². The lowest BCUT2D eigenvalue weighted by Crippen LogP contribution is -2.36. The molecule has 19 heavy (non-hydrogen) atoms. The third-order valence-electron chi connectivity index (χ3n) is 3.02. The van der Waals surface area contributed by atoms with Gasteiger partial charge >= 0.3 is 0 Å². The summed E-state index contributed by atoms with van der Waals surface area (Å²) in [5.74, 6) is -0.273. The predicted octanol–water partition coefficient (Wildman–Crippen LogP) is 2.60. The van der Waals surface area contributed by atoms with Gasteiger partial charge in [-0.15, -0.1) is 11.8 Å². The van der Waals surface area contributed by atoms with Gasteiger partial charge in [0.1, 0.15) is 5.82 Å². The molecule has 0 aliphatic carbocycles. The van der Waals surface area contributed by atoms with E-state index in [4.69, 9.17) is 4.74 Å². The van der Waals surface area contributed by atoms with Crippen molar-refractivity contribution < 1.29 is 13.9 Å². The molecule has 1 aromatic rings. The van der Waals surface area contributed by atoms with Crippen molar-refractivity contribution in [3.63, 3.8) is 0 Å². The summed E-state index contributed by atoms with van der Waals surface area (Å²) in [6, 6.07) is 6.17. The van der Waals surface area contributed by atoms with E-state index >= 15 is 0 Å². The third-order valence-corrected chi connectivity index (χ3v) is 4.14. The van der Waals surface area contributed by atoms with Gasteiger partial charge in [0.05, 0.1) is 11.4 Å². The van der Waals surface area contributed by atoms with Gasteiger partial charge in [-0.05, 0) is 44.0 Å². The normalized spacial score (nSPS) is 20.2. The van der Waals surface area contributed by atoms with E-state index in [-0.39, 0.29) is 23.1 Å². The molecule has 0 aromatic heterocycles. The van der Waals surface area contributed by atoms with Crippen LogP contribution in [0, 0.1) is 5.82 Å². The van der Waals surface area contributed by atoms with Gasteiger partial charge in [-0.1, -0.05) is 0 Å². The molecule has 0 spiro atoms. The molecule has 0 saturated carbocycles. The van der Waals surface area contributed by atoms with E-state index in [1.165, 1.54) is 23.9 Å². The molecule has 5 heteroatoms. The van der Waals surface area contributed by atoms with Crippen molar-refractivity contribution in [1.29, 1.82) is 0 Å². The molecule has 1 saturated heterocycles. The van der Waals surface area contributed by atoms with Crippen molar-refractivity contribution in [2.75, 3.05) is 13.2 Å². The summed E-state index contributed by atoms with van der Waals surface area (Å²) in [5.41, 5.74) is 0. The molecule has 1 aliphatic rings. The summed E-state index contributed by atoms with van der Waals surface area (Å²) in [5, 5.41) is 2.70. The lowest BCUT2D eigenvalue weighted by atomic mass is 10.2. The number of benzene rings is 1. The van der Waals surface area contributed by atoms with Crippen molar-refractivity contribution in [1.82, 2.24) is 5.32 Å². The molecule has 0 bridgehead atoms. The summed E-state index contributed by atoms with van der Waals surface area (Å²) in [6.07, 6.45) is 2.24. The van der Waals surface area contributed by atoms with E-state index in [0.717, 1.165) is 24.3 Å². The van der Waals surface area contributed by atoms with E-state index in [0.29, 0.717) is 6.54 Å². The van der Waals surface area contributed by atoms with E-state index in [2.05, 4.69) is 5.32 Å². The number of halogens is 1. The quantitative estimate of drug-likeness (QED) is 0.844. The van der Waals surface area contributed by atoms with Crippen molar-refractivity contribution >= 4 is 17.7 Å². The monoisotopic (exact) mass is 283 g/mol. The smallest absolute Gasteiger partial charge is 0.233 e. The fourth-order valence-electron chi connectivity index (χ4n) is 1.93. The summed E-state index contributed by atoms with van der Waals surface area (Å²) >= 11 is 1.42. The molecular weight excluding hydrogens is 265 g/mol. The van der Waals surface area contributed by atoms with Gasteiger partial charge in [-0.25, -0.2) is 4.39 Å². The van der Waals surface area contributed by atoms with Gasteiger partial charge in [0.15, 0.2) is 0 Å². The highest BCUT2D eigenvalue weighted by Gasteiger charge is 2.19. The lowest BCUT2D eigenvalue weighted by Gasteiger charge is -2.14. The molecule has 2 rings (SSSR count). The van der Waals surface area contributed by atoms with Crippen molar-refractivity contribution in [3.05, 3.63) is 30.1 Å². The largest absolute Gasteiger partial charge is 0.376 e. The molecule has 1 N–H and O–H groups in total. The second-order valence-corrected chi connectivity index (χ2v) is 6.01. The van der Waals surface area contributed by atoms with E-state index < -0.39 is 0 Å². The van der Waals surface area contributed by atoms with Gasteiger partial charge in [0.2, 0.25) is 5.91 Å². The fourth-order valence-corrected chi connectivity index (χ4v) is 2.83. The van der Waals surface area contributed by atoms with Crippen molar-refractivity contribution in [2.24, 2.45) is 0 Å². The molecule has 0 unspecified atom stereocenters. The average Bonchev–Trinajstić information content (AvgIpc) is 2.91. The first-order valence-electron chi connectivity index (χ1n) is 6.46. The summed E-state index contributed by atoms with van der Waals surface area (Å²) in [6.45, 7) is 3.21. The molecule has 1 aromatic carbocycles. The number of carbonyl (C=O) groups is 1. The zero-order chi connectivity index (χ0) is 13.7. The Bertz CT molecular complexity index is 418. The Morgan fingerprint density at radius 1 is 1.53 bits per heavy atom. The Balaban J connectivity index is 1.76. The molecule has 1 heterocycles. The molecule has 3 nitrogen and oxygen atoms in total. The summed E-state index contributed by atoms with van der Waals surface area (Å²) < 4.78 is 18.2. The van der Waals surface area contributed by atoms with Crippen LogP contribution in [0.25, 0.3) is 0 Å². The number of thioether (sulfide) groups is 1. The van der Waals surface area contributed by atoms with Crippen LogP contribution in [0.3, 0.4) is 0 Å². The molecule has 1 fully saturated rings. The van der Waals surface area contributed by atoms with Crippen LogP contribution in [-0.2, 0) is 9.53 Å². The van der Waals surface area contributed by atoms with Gasteiger partial charge in [-0.3, -0.25) is 4.79 Å². The Labute approximate surface area is 116 Å². The molecule has 104 valence electrons. The molecule has 2 atom stereocenters. The Kier molecular flexibility index (Phi) is 5.22. The number of hydrogen-bond donors (Lipinski definition) is 1. The van der Waals surface area contributed by atoms with Crippen molar-refractivity contribution in [3.8, 4) is 0 Å². The van der Waals surface area contributed by atoms with Crippen LogP contribution in [-0.4, -0.2) is 30.4 Å². The molecule has 0 radical (unpaired) electrons. The predicted molar refractivity (Wildman–Crippen MR) is 73.7 cm³/mol. The second-order valence-electron chi connectivity index (χ2n) is 4.59. The van der Waals surface area contributed by atoms with E-state index in [1.54, 1.807) is 12.1 Å². The maximum atomic E-state index is 12.8. The highest BCUT2D eigenvalue weighted by Crippen LogP contribution is 2.23. The minimum Gasteiger partial charge on any atom is -0.376 e. The number of hydrogen-bond acceptors (Lipinski definition) is 3. The third kappa shape index (κ3) is 4.51. The SMILES string of the molecule is C[C@H](Sc1ccc(F)cc1)C(=O)NC[C@H]1CCCO1. The molecule has 1 aliphatic heterocycles. The average molecular weight is 283 g/mol. The lowest BCUT2D eigenvalue weighted by molar-refractivity contribution is -0.120. The van der Waals surface area contributed by atoms with Crippen LogP contribution in [0.1, 0.15) is 19.8 Å². The van der Waals surface area contributed by atoms with Gasteiger partial charge in [0.25, 0.3) is 0 Å². The zero-order valence-electron chi connectivity index (χ0n) is 10.9. The zero-order valence-corrected chi connectivity index (χ0v) is 11.7. The number of ether oxygens (including phenoxy) is 1. The van der Waals surface area contributed by atoms with Crippen LogP contribution >= 0.6 is 11.8 Å². The maximum absolute atomic E-state index is 12.8. The van der Waals surface area contributed by atoms with Crippen LogP contribution < -0.4 is 5.32 Å². The number of amides is 1. The Morgan fingerprint density at radius 3 is 2.89 bits per heavy atom. The first-order chi connectivity index (χ1) is 9.15. The topological polar surface area (TPSA) is 38.3 Å². The standard InChI is InChI=1S/C14H18FNO2S/c1-10(19-13-6-4-11(15)5-7-13)14(17)16-9-12-3-2-8-18-12/h4-7,10,12H,2-3,8-9H2,1H3,(H,16,17)/t10-,12+/m0/s1. The van der Waals surface area contributed by atoms with Gasteiger partial charge < -0.3 is 10.1 Å². The highest BCUT2D eigenvalue weighted by atomic mass is 32.2. The minimum absolute atomic E-state index is 0.00942. The summed E-state index contributed by atoms with van der Waals surface area (Å²) in [4.78, 5) is 12.8. The van der Waals surface area contributed by atoms with E-state index in [1.807, 2.05) is 6.92 Å². The number of rotatable bonds is 5. The Hall–Kier alpha value is -1.07. The van der Waals surface area contributed by atoms with Crippen LogP contribution in [0.15, 0.2) is 29.2 Å². The van der Waals surface area contributed by atoms with Crippen LogP contribution in [0.5, 0.6) is 0 Å². The molecule has 1 amide bonds. The number of nitrogens with one attached hydrogen (secondary N) is 1. The van der Waals surface area contributed by atoms with Gasteiger partial charge in [0, 0.05) is 18.0 Å². The van der Waals surface area contributed by atoms with E-state index in [9.17, 15) is 9.18 Å². The minimum atomic E-state index is -0.264. The highest BCUT2D eigenvalue weighted by molar-refractivity contribution is 8.00. The fraction of sp³-hybridized carbons (Fsp3) is 0.500. The first kappa shape index (κ1) is 14.3. The van der Waals surface area contributed by atoms with Crippen molar-refractivity contribution in [2.45, 2.75) is 36.0 Å². The Morgan fingerprint density at radius 2 is 2.26 bits per heavy atom. The molecular formula is C14H18FNO2S.